The van der Waals surface area contributed by atoms with Gasteiger partial charge in [-0.15, -0.1) is 24.2 Å². The van der Waals surface area contributed by atoms with Crippen molar-refractivity contribution in [3.8, 4) is 0 Å². The second kappa shape index (κ2) is 6.35. The molecule has 0 saturated heterocycles. The lowest BCUT2D eigenvalue weighted by molar-refractivity contribution is 1.02. The number of aromatic amines is 1. The highest BCUT2D eigenvalue weighted by Gasteiger charge is 1.95. The van der Waals surface area contributed by atoms with Gasteiger partial charge in [-0.25, -0.2) is 9.78 Å². The highest BCUT2D eigenvalue weighted by molar-refractivity contribution is 7.98. The molecule has 0 aliphatic heterocycles. The molecule has 5 heteroatoms. The summed E-state index contributed by atoms with van der Waals surface area (Å²) in [6.45, 7) is 0. The standard InChI is InChI=1S/C11H10N2OS.ClH/c14-11-12-6-10(7-13-11)15-8-9-4-2-1-3-5-9;/h1-7H,8H2,(H,12,13,14);1H. The van der Waals surface area contributed by atoms with Crippen LogP contribution in [0.5, 0.6) is 0 Å². The van der Waals surface area contributed by atoms with Gasteiger partial charge in [0.1, 0.15) is 0 Å². The number of halogens is 1. The first-order valence-corrected chi connectivity index (χ1v) is 5.54. The van der Waals surface area contributed by atoms with Gasteiger partial charge in [0.05, 0.1) is 0 Å². The molecule has 0 bridgehead atoms. The highest BCUT2D eigenvalue weighted by Crippen LogP contribution is 2.19. The van der Waals surface area contributed by atoms with Crippen LogP contribution >= 0.6 is 24.2 Å². The van der Waals surface area contributed by atoms with Crippen molar-refractivity contribution < 1.29 is 0 Å². The van der Waals surface area contributed by atoms with Crippen LogP contribution in [0.4, 0.5) is 0 Å². The summed E-state index contributed by atoms with van der Waals surface area (Å²) in [7, 11) is 0. The molecule has 1 aromatic heterocycles. The molecule has 0 spiro atoms. The fourth-order valence-electron chi connectivity index (χ4n) is 1.15. The number of aromatic nitrogens is 2. The number of hydrogen-bond acceptors (Lipinski definition) is 3. The minimum Gasteiger partial charge on any atom is -0.312 e. The lowest BCUT2D eigenvalue weighted by Gasteiger charge is -2.00. The average Bonchev–Trinajstić information content (AvgIpc) is 2.30. The van der Waals surface area contributed by atoms with Crippen molar-refractivity contribution in [1.29, 1.82) is 0 Å². The number of rotatable bonds is 3. The third-order valence-corrected chi connectivity index (χ3v) is 2.93. The van der Waals surface area contributed by atoms with E-state index in [-0.39, 0.29) is 18.1 Å². The SMILES string of the molecule is Cl.O=c1ncc(SCc2ccccc2)c[nH]1. The molecule has 1 aromatic carbocycles. The second-order valence-corrected chi connectivity index (χ2v) is 4.08. The normalized spacial score (nSPS) is 9.50. The van der Waals surface area contributed by atoms with E-state index >= 15 is 0 Å². The summed E-state index contributed by atoms with van der Waals surface area (Å²) in [6.07, 6.45) is 3.27. The van der Waals surface area contributed by atoms with Crippen LogP contribution in [0.1, 0.15) is 5.56 Å². The molecule has 16 heavy (non-hydrogen) atoms. The average molecular weight is 255 g/mol. The quantitative estimate of drug-likeness (QED) is 0.856. The van der Waals surface area contributed by atoms with E-state index in [2.05, 4.69) is 22.1 Å². The first-order valence-electron chi connectivity index (χ1n) is 4.56. The molecule has 0 saturated carbocycles. The van der Waals surface area contributed by atoms with Crippen molar-refractivity contribution in [2.24, 2.45) is 0 Å². The Labute approximate surface area is 104 Å². The number of nitrogens with zero attached hydrogens (tertiary/aromatic N) is 1. The van der Waals surface area contributed by atoms with Gasteiger partial charge in [-0.3, -0.25) is 0 Å². The Kier molecular flexibility index (Phi) is 5.08. The fourth-order valence-corrected chi connectivity index (χ4v) is 1.94. The molecular formula is C11H11ClN2OS. The van der Waals surface area contributed by atoms with Crippen molar-refractivity contribution in [2.75, 3.05) is 0 Å². The van der Waals surface area contributed by atoms with Crippen molar-refractivity contribution in [1.82, 2.24) is 9.97 Å². The molecule has 2 aromatic rings. The molecule has 0 atom stereocenters. The molecule has 2 rings (SSSR count). The number of H-pyrrole nitrogens is 1. The summed E-state index contributed by atoms with van der Waals surface area (Å²) in [6, 6.07) is 10.2. The molecule has 0 aliphatic carbocycles. The van der Waals surface area contributed by atoms with Crippen LogP contribution in [0.25, 0.3) is 0 Å². The van der Waals surface area contributed by atoms with Crippen LogP contribution < -0.4 is 5.69 Å². The maximum absolute atomic E-state index is 10.7. The highest BCUT2D eigenvalue weighted by atomic mass is 35.5. The number of nitrogens with one attached hydrogen (secondary N) is 1. The monoisotopic (exact) mass is 254 g/mol. The molecule has 1 N–H and O–H groups in total. The van der Waals surface area contributed by atoms with Gasteiger partial charge in [0.2, 0.25) is 0 Å². The van der Waals surface area contributed by atoms with Gasteiger partial charge in [0, 0.05) is 23.0 Å². The molecular weight excluding hydrogens is 244 g/mol. The summed E-state index contributed by atoms with van der Waals surface area (Å²) < 4.78 is 0. The van der Waals surface area contributed by atoms with Crippen molar-refractivity contribution in [3.63, 3.8) is 0 Å². The third kappa shape index (κ3) is 3.72. The molecule has 0 radical (unpaired) electrons. The molecule has 0 amide bonds. The van der Waals surface area contributed by atoms with Gasteiger partial charge in [-0.05, 0) is 5.56 Å². The Morgan fingerprint density at radius 1 is 1.25 bits per heavy atom. The zero-order valence-corrected chi connectivity index (χ0v) is 10.1. The Hall–Kier alpha value is -1.26. The Morgan fingerprint density at radius 2 is 2.00 bits per heavy atom. The second-order valence-electron chi connectivity index (χ2n) is 3.03. The van der Waals surface area contributed by atoms with Crippen molar-refractivity contribution in [3.05, 3.63) is 58.8 Å². The van der Waals surface area contributed by atoms with Gasteiger partial charge in [-0.1, -0.05) is 30.3 Å². The lowest BCUT2D eigenvalue weighted by Crippen LogP contribution is -2.07. The van der Waals surface area contributed by atoms with Gasteiger partial charge in [-0.2, -0.15) is 0 Å². The largest absolute Gasteiger partial charge is 0.344 e. The molecule has 0 unspecified atom stereocenters. The van der Waals surface area contributed by atoms with Gasteiger partial charge in [0.25, 0.3) is 0 Å². The van der Waals surface area contributed by atoms with Crippen LogP contribution in [0.15, 0.2) is 52.4 Å². The van der Waals surface area contributed by atoms with E-state index in [1.54, 1.807) is 24.2 Å². The maximum atomic E-state index is 10.7. The van der Waals surface area contributed by atoms with Crippen molar-refractivity contribution in [2.45, 2.75) is 10.6 Å². The molecule has 0 aliphatic rings. The predicted molar refractivity (Wildman–Crippen MR) is 68.1 cm³/mol. The zero-order valence-electron chi connectivity index (χ0n) is 8.42. The Bertz CT molecular complexity index is 466. The summed E-state index contributed by atoms with van der Waals surface area (Å²) in [5.41, 5.74) is 0.952. The van der Waals surface area contributed by atoms with Gasteiger partial charge < -0.3 is 4.98 Å². The van der Waals surface area contributed by atoms with Crippen LogP contribution in [0, 0.1) is 0 Å². The summed E-state index contributed by atoms with van der Waals surface area (Å²) in [4.78, 5) is 17.9. The van der Waals surface area contributed by atoms with E-state index in [9.17, 15) is 4.79 Å². The van der Waals surface area contributed by atoms with Crippen LogP contribution in [-0.4, -0.2) is 9.97 Å². The van der Waals surface area contributed by atoms with Gasteiger partial charge >= 0.3 is 5.69 Å². The topological polar surface area (TPSA) is 45.8 Å². The van der Waals surface area contributed by atoms with E-state index in [0.29, 0.717) is 0 Å². The molecule has 84 valence electrons. The van der Waals surface area contributed by atoms with E-state index in [4.69, 9.17) is 0 Å². The predicted octanol–water partition coefficient (Wildman–Crippen LogP) is 2.48. The molecule has 0 fully saturated rings. The fraction of sp³-hybridized carbons (Fsp3) is 0.0909. The summed E-state index contributed by atoms with van der Waals surface area (Å²) in [5.74, 6) is 0.883. The van der Waals surface area contributed by atoms with Crippen LogP contribution in [0.2, 0.25) is 0 Å². The minimum atomic E-state index is -0.306. The minimum absolute atomic E-state index is 0. The van der Waals surface area contributed by atoms with Gasteiger partial charge in [0.15, 0.2) is 0 Å². The maximum Gasteiger partial charge on any atom is 0.344 e. The zero-order chi connectivity index (χ0) is 10.5. The lowest BCUT2D eigenvalue weighted by atomic mass is 10.2. The number of benzene rings is 1. The summed E-state index contributed by atoms with van der Waals surface area (Å²) in [5, 5.41) is 0. The smallest absolute Gasteiger partial charge is 0.312 e. The van der Waals surface area contributed by atoms with E-state index in [1.165, 1.54) is 5.56 Å². The Balaban J connectivity index is 0.00000128. The first kappa shape index (κ1) is 12.8. The van der Waals surface area contributed by atoms with Crippen LogP contribution in [-0.2, 0) is 5.75 Å². The third-order valence-electron chi connectivity index (χ3n) is 1.90. The Morgan fingerprint density at radius 3 is 2.62 bits per heavy atom. The number of hydrogen-bond donors (Lipinski definition) is 1. The van der Waals surface area contributed by atoms with E-state index in [1.807, 2.05) is 18.2 Å². The first-order chi connectivity index (χ1) is 7.34. The van der Waals surface area contributed by atoms with E-state index in [0.717, 1.165) is 10.6 Å². The summed E-state index contributed by atoms with van der Waals surface area (Å²) >= 11 is 1.65. The molecule has 1 heterocycles. The van der Waals surface area contributed by atoms with Crippen LogP contribution in [0.3, 0.4) is 0 Å². The number of thioether (sulfide) groups is 1. The van der Waals surface area contributed by atoms with E-state index < -0.39 is 0 Å². The molecule has 3 nitrogen and oxygen atoms in total. The van der Waals surface area contributed by atoms with Crippen molar-refractivity contribution >= 4 is 24.2 Å².